The largest absolute Gasteiger partial charge is 0.450 e. The van der Waals surface area contributed by atoms with Gasteiger partial charge in [0, 0.05) is 6.54 Å². The Labute approximate surface area is 170 Å². The zero-order chi connectivity index (χ0) is 20.5. The van der Waals surface area contributed by atoms with Crippen LogP contribution in [0.1, 0.15) is 46.6 Å². The molecule has 2 heterocycles. The zero-order valence-corrected chi connectivity index (χ0v) is 17.1. The lowest BCUT2D eigenvalue weighted by Crippen LogP contribution is -2.32. The highest BCUT2D eigenvalue weighted by atomic mass is 16.3. The number of fused-ring (bicyclic) bond motifs is 2. The molecule has 1 amide bonds. The lowest BCUT2D eigenvalue weighted by atomic mass is 9.97. The number of amides is 1. The van der Waals surface area contributed by atoms with Gasteiger partial charge >= 0.3 is 0 Å². The maximum atomic E-state index is 13.4. The Bertz CT molecular complexity index is 1100. The second-order valence-corrected chi connectivity index (χ2v) is 7.82. The van der Waals surface area contributed by atoms with E-state index in [1.54, 1.807) is 17.0 Å². The molecule has 5 nitrogen and oxygen atoms in total. The van der Waals surface area contributed by atoms with E-state index in [1.165, 1.54) is 5.56 Å². The van der Waals surface area contributed by atoms with Crippen LogP contribution in [0.2, 0.25) is 0 Å². The highest BCUT2D eigenvalue weighted by molar-refractivity contribution is 5.99. The molecule has 5 heteroatoms. The number of aryl methyl sites for hydroxylation is 1. The molecule has 0 radical (unpaired) electrons. The fraction of sp³-hybridized carbons (Fsp3) is 0.333. The maximum absolute atomic E-state index is 13.4. The van der Waals surface area contributed by atoms with Gasteiger partial charge in [-0.3, -0.25) is 9.59 Å². The number of hydrogen-bond donors (Lipinski definition) is 0. The van der Waals surface area contributed by atoms with E-state index in [0.717, 1.165) is 24.9 Å². The van der Waals surface area contributed by atoms with Gasteiger partial charge in [-0.05, 0) is 56.7 Å². The van der Waals surface area contributed by atoms with E-state index in [1.807, 2.05) is 38.4 Å². The van der Waals surface area contributed by atoms with Crippen LogP contribution < -0.4 is 5.43 Å². The summed E-state index contributed by atoms with van der Waals surface area (Å²) >= 11 is 0. The molecule has 1 aliphatic heterocycles. The van der Waals surface area contributed by atoms with Crippen LogP contribution >= 0.6 is 0 Å². The Morgan fingerprint density at radius 2 is 1.76 bits per heavy atom. The summed E-state index contributed by atoms with van der Waals surface area (Å²) in [4.78, 5) is 30.5. The third-order valence-corrected chi connectivity index (χ3v) is 5.58. The molecule has 0 saturated heterocycles. The van der Waals surface area contributed by atoms with Gasteiger partial charge in [0.25, 0.3) is 5.91 Å². The predicted molar refractivity (Wildman–Crippen MR) is 114 cm³/mol. The molecular formula is C24H26N2O3. The van der Waals surface area contributed by atoms with Crippen LogP contribution in [-0.2, 0) is 6.42 Å². The van der Waals surface area contributed by atoms with Crippen LogP contribution in [0.4, 0.5) is 0 Å². The molecule has 0 fully saturated rings. The Hall–Kier alpha value is -2.92. The molecule has 1 aliphatic rings. The first-order valence-electron chi connectivity index (χ1n) is 10.1. The number of para-hydroxylation sites is 1. The van der Waals surface area contributed by atoms with Crippen molar-refractivity contribution in [2.45, 2.75) is 25.8 Å². The maximum Gasteiger partial charge on any atom is 0.290 e. The van der Waals surface area contributed by atoms with E-state index in [9.17, 15) is 9.59 Å². The number of hydrogen-bond acceptors (Lipinski definition) is 4. The molecular weight excluding hydrogens is 364 g/mol. The Kier molecular flexibility index (Phi) is 5.24. The molecule has 0 saturated carbocycles. The first-order chi connectivity index (χ1) is 14.0. The number of carbonyl (C=O) groups excluding carboxylic acids is 1. The van der Waals surface area contributed by atoms with Gasteiger partial charge in [-0.15, -0.1) is 0 Å². The van der Waals surface area contributed by atoms with E-state index in [2.05, 4.69) is 24.0 Å². The summed E-state index contributed by atoms with van der Waals surface area (Å²) in [5.41, 5.74) is 2.97. The second-order valence-electron chi connectivity index (χ2n) is 7.82. The Balaban J connectivity index is 1.85. The Morgan fingerprint density at radius 3 is 2.45 bits per heavy atom. The standard InChI is InChI=1S/C24H26N2O3/c1-4-16-10-12-17(13-11-16)21-20-22(27)18-8-5-6-9-19(18)29-23(20)24(28)26(21)15-7-14-25(2)3/h5-6,8-13,21H,4,7,14-15H2,1-3H3/t21-/m1/s1. The van der Waals surface area contributed by atoms with Crippen LogP contribution in [0.3, 0.4) is 0 Å². The van der Waals surface area contributed by atoms with Crippen molar-refractivity contribution in [1.29, 1.82) is 0 Å². The molecule has 29 heavy (non-hydrogen) atoms. The molecule has 0 N–H and O–H groups in total. The van der Waals surface area contributed by atoms with Gasteiger partial charge in [0.2, 0.25) is 5.76 Å². The summed E-state index contributed by atoms with van der Waals surface area (Å²) in [5.74, 6) is -0.0192. The summed E-state index contributed by atoms with van der Waals surface area (Å²) in [6, 6.07) is 14.9. The Morgan fingerprint density at radius 1 is 1.03 bits per heavy atom. The molecule has 3 aromatic rings. The highest BCUT2D eigenvalue weighted by Crippen LogP contribution is 2.38. The van der Waals surface area contributed by atoms with Crippen LogP contribution in [0.15, 0.2) is 57.7 Å². The van der Waals surface area contributed by atoms with Crippen molar-refractivity contribution in [2.75, 3.05) is 27.2 Å². The first kappa shape index (κ1) is 19.4. The summed E-state index contributed by atoms with van der Waals surface area (Å²) in [6.07, 6.45) is 1.77. The normalized spacial score (nSPS) is 16.1. The lowest BCUT2D eigenvalue weighted by Gasteiger charge is -2.26. The van der Waals surface area contributed by atoms with Crippen molar-refractivity contribution in [2.24, 2.45) is 0 Å². The summed E-state index contributed by atoms with van der Waals surface area (Å²) in [7, 11) is 4.03. The molecule has 0 spiro atoms. The quantitative estimate of drug-likeness (QED) is 0.642. The van der Waals surface area contributed by atoms with Crippen molar-refractivity contribution < 1.29 is 9.21 Å². The zero-order valence-electron chi connectivity index (χ0n) is 17.1. The van der Waals surface area contributed by atoms with Crippen LogP contribution in [0.5, 0.6) is 0 Å². The van der Waals surface area contributed by atoms with Gasteiger partial charge in [0.15, 0.2) is 5.43 Å². The number of nitrogens with zero attached hydrogens (tertiary/aromatic N) is 2. The monoisotopic (exact) mass is 390 g/mol. The van der Waals surface area contributed by atoms with Crippen molar-refractivity contribution in [3.8, 4) is 0 Å². The van der Waals surface area contributed by atoms with E-state index in [-0.39, 0.29) is 17.1 Å². The average Bonchev–Trinajstić information content (AvgIpc) is 3.00. The van der Waals surface area contributed by atoms with Gasteiger partial charge in [0.05, 0.1) is 17.0 Å². The first-order valence-corrected chi connectivity index (χ1v) is 10.1. The fourth-order valence-corrected chi connectivity index (χ4v) is 4.04. The number of carbonyl (C=O) groups is 1. The third-order valence-electron chi connectivity index (χ3n) is 5.58. The highest BCUT2D eigenvalue weighted by Gasteiger charge is 2.42. The summed E-state index contributed by atoms with van der Waals surface area (Å²) in [5, 5.41) is 0.518. The minimum Gasteiger partial charge on any atom is -0.450 e. The third kappa shape index (κ3) is 3.47. The van der Waals surface area contributed by atoms with Gasteiger partial charge in [-0.2, -0.15) is 0 Å². The molecule has 4 rings (SSSR count). The van der Waals surface area contributed by atoms with E-state index >= 15 is 0 Å². The van der Waals surface area contributed by atoms with Crippen molar-refractivity contribution >= 4 is 16.9 Å². The minimum absolute atomic E-state index is 0.116. The summed E-state index contributed by atoms with van der Waals surface area (Å²) in [6.45, 7) is 3.54. The molecule has 1 atom stereocenters. The molecule has 150 valence electrons. The lowest BCUT2D eigenvalue weighted by molar-refractivity contribution is 0.0722. The van der Waals surface area contributed by atoms with Crippen LogP contribution in [-0.4, -0.2) is 42.9 Å². The van der Waals surface area contributed by atoms with E-state index in [0.29, 0.717) is 23.1 Å². The molecule has 0 bridgehead atoms. The fourth-order valence-electron chi connectivity index (χ4n) is 4.04. The minimum atomic E-state index is -0.411. The SMILES string of the molecule is CCc1ccc([C@@H]2c3c(oc4ccccc4c3=O)C(=O)N2CCCN(C)C)cc1. The van der Waals surface area contributed by atoms with Crippen LogP contribution in [0.25, 0.3) is 11.0 Å². The predicted octanol–water partition coefficient (Wildman–Crippen LogP) is 3.85. The number of benzene rings is 2. The van der Waals surface area contributed by atoms with Crippen LogP contribution in [0, 0.1) is 0 Å². The molecule has 0 unspecified atom stereocenters. The van der Waals surface area contributed by atoms with Crippen molar-refractivity contribution in [1.82, 2.24) is 9.80 Å². The van der Waals surface area contributed by atoms with Gasteiger partial charge < -0.3 is 14.2 Å². The smallest absolute Gasteiger partial charge is 0.290 e. The van der Waals surface area contributed by atoms with Crippen molar-refractivity contribution in [3.05, 3.63) is 81.2 Å². The topological polar surface area (TPSA) is 53.8 Å². The van der Waals surface area contributed by atoms with E-state index < -0.39 is 6.04 Å². The van der Waals surface area contributed by atoms with Gasteiger partial charge in [-0.1, -0.05) is 43.3 Å². The number of rotatable bonds is 6. The average molecular weight is 390 g/mol. The molecule has 0 aliphatic carbocycles. The second kappa shape index (κ2) is 7.84. The van der Waals surface area contributed by atoms with Crippen molar-refractivity contribution in [3.63, 3.8) is 0 Å². The van der Waals surface area contributed by atoms with Gasteiger partial charge in [-0.25, -0.2) is 0 Å². The molecule has 1 aromatic heterocycles. The summed E-state index contributed by atoms with van der Waals surface area (Å²) < 4.78 is 5.95. The molecule has 2 aromatic carbocycles. The van der Waals surface area contributed by atoms with Gasteiger partial charge in [0.1, 0.15) is 5.58 Å². The van der Waals surface area contributed by atoms with E-state index in [4.69, 9.17) is 4.42 Å².